The molecular formula is C20H17ClN4O5. The second-order valence-electron chi connectivity index (χ2n) is 6.18. The van der Waals surface area contributed by atoms with Crippen molar-refractivity contribution in [3.8, 4) is 0 Å². The summed E-state index contributed by atoms with van der Waals surface area (Å²) in [4.78, 5) is 53.8. The highest BCUT2D eigenvalue weighted by Gasteiger charge is 2.34. The van der Waals surface area contributed by atoms with Crippen LogP contribution in [-0.2, 0) is 14.4 Å². The van der Waals surface area contributed by atoms with Gasteiger partial charge in [-0.3, -0.25) is 34.9 Å². The zero-order valence-electron chi connectivity index (χ0n) is 15.6. The number of benzene rings is 2. The van der Waals surface area contributed by atoms with E-state index in [9.17, 15) is 19.2 Å². The van der Waals surface area contributed by atoms with Gasteiger partial charge in [-0.25, -0.2) is 0 Å². The molecule has 154 valence electrons. The van der Waals surface area contributed by atoms with E-state index in [1.54, 1.807) is 48.5 Å². The zero-order valence-corrected chi connectivity index (χ0v) is 16.4. The first-order chi connectivity index (χ1) is 14.5. The number of hydrogen-bond acceptors (Lipinski definition) is 6. The number of carbonyl (C=O) groups excluding carboxylic acids is 4. The normalized spacial score (nSPS) is 12.8. The number of hydrogen-bond donors (Lipinski definition) is 2. The van der Waals surface area contributed by atoms with Gasteiger partial charge in [-0.1, -0.05) is 47.1 Å². The molecule has 0 bridgehead atoms. The third-order valence-electron chi connectivity index (χ3n) is 4.15. The molecule has 2 aromatic carbocycles. The maximum Gasteiger partial charge on any atom is 0.279 e. The predicted molar refractivity (Wildman–Crippen MR) is 108 cm³/mol. The minimum absolute atomic E-state index is 0.104. The lowest BCUT2D eigenvalue weighted by Crippen LogP contribution is -2.44. The molecule has 30 heavy (non-hydrogen) atoms. The molecule has 1 aliphatic rings. The van der Waals surface area contributed by atoms with Gasteiger partial charge in [0.05, 0.1) is 17.3 Å². The van der Waals surface area contributed by atoms with Crippen molar-refractivity contribution >= 4 is 41.4 Å². The summed E-state index contributed by atoms with van der Waals surface area (Å²) in [5, 5.41) is 4.12. The lowest BCUT2D eigenvalue weighted by atomic mass is 10.1. The van der Waals surface area contributed by atoms with Crippen LogP contribution in [-0.4, -0.2) is 47.9 Å². The summed E-state index contributed by atoms with van der Waals surface area (Å²) in [6.07, 6.45) is 1.19. The van der Waals surface area contributed by atoms with Gasteiger partial charge in [0.1, 0.15) is 0 Å². The average Bonchev–Trinajstić information content (AvgIpc) is 2.99. The molecule has 2 N–H and O–H groups in total. The van der Waals surface area contributed by atoms with Crippen molar-refractivity contribution in [3.05, 3.63) is 70.2 Å². The topological polar surface area (TPSA) is 117 Å². The number of oxime groups is 1. The Morgan fingerprint density at radius 3 is 2.23 bits per heavy atom. The Morgan fingerprint density at radius 2 is 1.57 bits per heavy atom. The van der Waals surface area contributed by atoms with Crippen molar-refractivity contribution in [2.45, 2.75) is 6.42 Å². The van der Waals surface area contributed by atoms with Gasteiger partial charge >= 0.3 is 0 Å². The summed E-state index contributed by atoms with van der Waals surface area (Å²) in [5.41, 5.74) is 5.59. The number of nitrogens with one attached hydrogen (secondary N) is 2. The van der Waals surface area contributed by atoms with Gasteiger partial charge in [0.25, 0.3) is 17.7 Å². The standard InChI is InChI=1S/C20H17ClN4O5/c21-16-8-4-1-5-13(16)11-22-30-12-18(27)24-23-17(26)9-10-25-19(28)14-6-2-3-7-15(14)20(25)29/h1-8,11H,9-10,12H2,(H,23,26)(H,24,27). The third-order valence-corrected chi connectivity index (χ3v) is 4.49. The smallest absolute Gasteiger partial charge is 0.279 e. The quantitative estimate of drug-likeness (QED) is 0.394. The number of imide groups is 1. The number of halogens is 1. The lowest BCUT2D eigenvalue weighted by Gasteiger charge is -2.13. The van der Waals surface area contributed by atoms with Gasteiger partial charge in [0, 0.05) is 23.6 Å². The van der Waals surface area contributed by atoms with E-state index in [-0.39, 0.29) is 13.0 Å². The van der Waals surface area contributed by atoms with Crippen LogP contribution in [0.3, 0.4) is 0 Å². The number of amides is 4. The first-order valence-electron chi connectivity index (χ1n) is 8.90. The Balaban J connectivity index is 1.37. The number of nitrogens with zero attached hydrogens (tertiary/aromatic N) is 2. The van der Waals surface area contributed by atoms with Crippen LogP contribution in [0.5, 0.6) is 0 Å². The Labute approximate surface area is 176 Å². The maximum absolute atomic E-state index is 12.2. The molecule has 0 saturated heterocycles. The summed E-state index contributed by atoms with van der Waals surface area (Å²) < 4.78 is 0. The molecule has 1 heterocycles. The van der Waals surface area contributed by atoms with Crippen molar-refractivity contribution < 1.29 is 24.0 Å². The molecule has 10 heteroatoms. The molecule has 0 aromatic heterocycles. The van der Waals surface area contributed by atoms with Crippen molar-refractivity contribution in [1.29, 1.82) is 0 Å². The molecule has 3 rings (SSSR count). The molecule has 0 spiro atoms. The summed E-state index contributed by atoms with van der Waals surface area (Å²) in [5.74, 6) is -2.10. The first kappa shape index (κ1) is 21.0. The largest absolute Gasteiger partial charge is 0.386 e. The molecule has 2 aromatic rings. The molecule has 0 fully saturated rings. The van der Waals surface area contributed by atoms with Gasteiger partial charge in [-0.15, -0.1) is 0 Å². The molecular weight excluding hydrogens is 412 g/mol. The van der Waals surface area contributed by atoms with E-state index in [2.05, 4.69) is 16.0 Å². The SMILES string of the molecule is O=C(CCN1C(=O)c2ccccc2C1=O)NNC(=O)CON=Cc1ccccc1Cl. The van der Waals surface area contributed by atoms with Gasteiger partial charge in [-0.2, -0.15) is 0 Å². The van der Waals surface area contributed by atoms with E-state index in [0.717, 1.165) is 4.90 Å². The molecule has 0 saturated carbocycles. The Morgan fingerprint density at radius 1 is 0.967 bits per heavy atom. The van der Waals surface area contributed by atoms with Crippen molar-refractivity contribution in [2.75, 3.05) is 13.2 Å². The van der Waals surface area contributed by atoms with Crippen LogP contribution >= 0.6 is 11.6 Å². The van der Waals surface area contributed by atoms with Crippen LogP contribution in [0, 0.1) is 0 Å². The molecule has 1 aliphatic heterocycles. The molecule has 0 unspecified atom stereocenters. The van der Waals surface area contributed by atoms with Gasteiger partial charge in [0.2, 0.25) is 5.91 Å². The minimum Gasteiger partial charge on any atom is -0.386 e. The maximum atomic E-state index is 12.2. The highest BCUT2D eigenvalue weighted by atomic mass is 35.5. The molecule has 0 aliphatic carbocycles. The van der Waals surface area contributed by atoms with Gasteiger partial charge in [0.15, 0.2) is 6.61 Å². The summed E-state index contributed by atoms with van der Waals surface area (Å²) in [6, 6.07) is 13.4. The monoisotopic (exact) mass is 428 g/mol. The van der Waals surface area contributed by atoms with Crippen LogP contribution in [0.15, 0.2) is 53.7 Å². The molecule has 0 radical (unpaired) electrons. The Hall–Kier alpha value is -3.72. The number of rotatable bonds is 7. The minimum atomic E-state index is -0.639. The molecule has 9 nitrogen and oxygen atoms in total. The number of fused-ring (bicyclic) bond motifs is 1. The Kier molecular flexibility index (Phi) is 6.76. The number of carbonyl (C=O) groups is 4. The van der Waals surface area contributed by atoms with Gasteiger partial charge in [-0.05, 0) is 18.2 Å². The number of hydrazine groups is 1. The third kappa shape index (κ3) is 5.00. The second kappa shape index (κ2) is 9.66. The van der Waals surface area contributed by atoms with E-state index in [1.165, 1.54) is 6.21 Å². The van der Waals surface area contributed by atoms with E-state index in [0.29, 0.717) is 21.7 Å². The van der Waals surface area contributed by atoms with Crippen LogP contribution in [0.25, 0.3) is 0 Å². The van der Waals surface area contributed by atoms with E-state index in [4.69, 9.17) is 16.4 Å². The van der Waals surface area contributed by atoms with Gasteiger partial charge < -0.3 is 4.84 Å². The van der Waals surface area contributed by atoms with Crippen molar-refractivity contribution in [3.63, 3.8) is 0 Å². The van der Waals surface area contributed by atoms with Crippen molar-refractivity contribution in [1.82, 2.24) is 15.8 Å². The average molecular weight is 429 g/mol. The van der Waals surface area contributed by atoms with Crippen LogP contribution < -0.4 is 10.9 Å². The second-order valence-corrected chi connectivity index (χ2v) is 6.59. The molecule has 0 atom stereocenters. The Bertz CT molecular complexity index is 989. The first-order valence-corrected chi connectivity index (χ1v) is 9.28. The van der Waals surface area contributed by atoms with E-state index >= 15 is 0 Å². The molecule has 4 amide bonds. The summed E-state index contributed by atoms with van der Waals surface area (Å²) in [6.45, 7) is -0.535. The summed E-state index contributed by atoms with van der Waals surface area (Å²) >= 11 is 5.95. The van der Waals surface area contributed by atoms with Crippen LogP contribution in [0.4, 0.5) is 0 Å². The fourth-order valence-electron chi connectivity index (χ4n) is 2.66. The van der Waals surface area contributed by atoms with E-state index < -0.39 is 30.2 Å². The van der Waals surface area contributed by atoms with Crippen molar-refractivity contribution in [2.24, 2.45) is 5.16 Å². The summed E-state index contributed by atoms with van der Waals surface area (Å²) in [7, 11) is 0. The highest BCUT2D eigenvalue weighted by Crippen LogP contribution is 2.22. The zero-order chi connectivity index (χ0) is 21.5. The predicted octanol–water partition coefficient (Wildman–Crippen LogP) is 1.52. The van der Waals surface area contributed by atoms with E-state index in [1.807, 2.05) is 0 Å². The fourth-order valence-corrected chi connectivity index (χ4v) is 2.85. The van der Waals surface area contributed by atoms with Crippen LogP contribution in [0.1, 0.15) is 32.7 Å². The van der Waals surface area contributed by atoms with Crippen LogP contribution in [0.2, 0.25) is 5.02 Å². The highest BCUT2D eigenvalue weighted by molar-refractivity contribution is 6.33. The lowest BCUT2D eigenvalue weighted by molar-refractivity contribution is -0.131. The fraction of sp³-hybridized carbons (Fsp3) is 0.150.